The molecular weight excluding hydrogens is 184 g/mol. The highest BCUT2D eigenvalue weighted by molar-refractivity contribution is 5.68. The van der Waals surface area contributed by atoms with Crippen molar-refractivity contribution in [1.82, 2.24) is 4.98 Å². The van der Waals surface area contributed by atoms with E-state index in [1.54, 1.807) is 0 Å². The molecule has 78 valence electrons. The van der Waals surface area contributed by atoms with Crippen LogP contribution in [0.4, 0.5) is 5.69 Å². The molecule has 1 aromatic heterocycles. The number of benzene rings is 1. The predicted molar refractivity (Wildman–Crippen MR) is 64.8 cm³/mol. The van der Waals surface area contributed by atoms with Crippen LogP contribution in [0.25, 0.3) is 11.1 Å². The van der Waals surface area contributed by atoms with Crippen molar-refractivity contribution in [2.75, 3.05) is 5.73 Å². The monoisotopic (exact) mass is 200 g/mol. The molecular formula is C13H16N2. The van der Waals surface area contributed by atoms with Crippen LogP contribution in [0.1, 0.15) is 18.3 Å². The summed E-state index contributed by atoms with van der Waals surface area (Å²) >= 11 is 0. The van der Waals surface area contributed by atoms with E-state index < -0.39 is 0 Å². The van der Waals surface area contributed by atoms with Crippen LogP contribution < -0.4 is 5.73 Å². The molecule has 0 saturated heterocycles. The molecule has 0 atom stereocenters. The molecule has 15 heavy (non-hydrogen) atoms. The van der Waals surface area contributed by atoms with Gasteiger partial charge in [0.05, 0.1) is 0 Å². The molecule has 0 unspecified atom stereocenters. The van der Waals surface area contributed by atoms with Gasteiger partial charge in [0.15, 0.2) is 0 Å². The molecule has 0 saturated carbocycles. The van der Waals surface area contributed by atoms with Crippen molar-refractivity contribution in [2.24, 2.45) is 0 Å². The molecule has 0 fully saturated rings. The number of anilines is 1. The fourth-order valence-corrected chi connectivity index (χ4v) is 1.78. The second-order valence-corrected chi connectivity index (χ2v) is 3.81. The van der Waals surface area contributed by atoms with Crippen LogP contribution in [0.3, 0.4) is 0 Å². The van der Waals surface area contributed by atoms with E-state index in [-0.39, 0.29) is 0 Å². The van der Waals surface area contributed by atoms with Gasteiger partial charge in [-0.05, 0) is 37.1 Å². The molecule has 2 nitrogen and oxygen atoms in total. The molecule has 2 heteroatoms. The summed E-state index contributed by atoms with van der Waals surface area (Å²) in [6.45, 7) is 4.25. The molecule has 0 bridgehead atoms. The Morgan fingerprint density at radius 1 is 1.20 bits per heavy atom. The number of nitrogens with two attached hydrogens (primary N) is 1. The third-order valence-electron chi connectivity index (χ3n) is 2.67. The first-order chi connectivity index (χ1) is 7.20. The molecule has 1 aromatic carbocycles. The minimum atomic E-state index is 0.808. The highest BCUT2D eigenvalue weighted by Gasteiger charge is 2.05. The highest BCUT2D eigenvalue weighted by atomic mass is 14.7. The van der Waals surface area contributed by atoms with Gasteiger partial charge in [-0.2, -0.15) is 0 Å². The number of aromatic nitrogens is 1. The molecule has 0 aliphatic carbocycles. The lowest BCUT2D eigenvalue weighted by Crippen LogP contribution is -1.84. The van der Waals surface area contributed by atoms with Crippen molar-refractivity contribution in [1.29, 1.82) is 0 Å². The van der Waals surface area contributed by atoms with Crippen LogP contribution in [0.5, 0.6) is 0 Å². The fourth-order valence-electron chi connectivity index (χ4n) is 1.78. The van der Waals surface area contributed by atoms with Crippen molar-refractivity contribution in [2.45, 2.75) is 20.3 Å². The number of H-pyrrole nitrogens is 1. The van der Waals surface area contributed by atoms with Gasteiger partial charge in [0, 0.05) is 22.6 Å². The van der Waals surface area contributed by atoms with Gasteiger partial charge < -0.3 is 10.7 Å². The molecule has 0 aliphatic heterocycles. The van der Waals surface area contributed by atoms with E-state index in [4.69, 9.17) is 5.73 Å². The summed E-state index contributed by atoms with van der Waals surface area (Å²) in [5.74, 6) is 0. The van der Waals surface area contributed by atoms with Crippen LogP contribution in [0.2, 0.25) is 0 Å². The summed E-state index contributed by atoms with van der Waals surface area (Å²) in [6, 6.07) is 10.2. The van der Waals surface area contributed by atoms with E-state index in [0.29, 0.717) is 0 Å². The Morgan fingerprint density at radius 2 is 1.87 bits per heavy atom. The van der Waals surface area contributed by atoms with Gasteiger partial charge in [0.1, 0.15) is 0 Å². The van der Waals surface area contributed by atoms with Crippen molar-refractivity contribution in [3.05, 3.63) is 41.7 Å². The molecule has 2 rings (SSSR count). The van der Waals surface area contributed by atoms with Crippen molar-refractivity contribution >= 4 is 5.69 Å². The van der Waals surface area contributed by atoms with E-state index in [0.717, 1.165) is 12.1 Å². The van der Waals surface area contributed by atoms with E-state index >= 15 is 0 Å². The number of hydrogen-bond donors (Lipinski definition) is 2. The van der Waals surface area contributed by atoms with Crippen molar-refractivity contribution in [3.8, 4) is 11.1 Å². The summed E-state index contributed by atoms with van der Waals surface area (Å²) < 4.78 is 0. The predicted octanol–water partition coefficient (Wildman–Crippen LogP) is 3.13. The first-order valence-electron chi connectivity index (χ1n) is 5.25. The Morgan fingerprint density at radius 3 is 2.40 bits per heavy atom. The molecule has 0 radical (unpaired) electrons. The minimum absolute atomic E-state index is 0.808. The van der Waals surface area contributed by atoms with E-state index in [2.05, 4.69) is 37.0 Å². The van der Waals surface area contributed by atoms with E-state index in [1.807, 2.05) is 12.1 Å². The normalized spacial score (nSPS) is 10.5. The van der Waals surface area contributed by atoms with Gasteiger partial charge in [-0.3, -0.25) is 0 Å². The lowest BCUT2D eigenvalue weighted by Gasteiger charge is -2.00. The smallest absolute Gasteiger partial charge is 0.0314 e. The third-order valence-corrected chi connectivity index (χ3v) is 2.67. The van der Waals surface area contributed by atoms with Crippen molar-refractivity contribution in [3.63, 3.8) is 0 Å². The van der Waals surface area contributed by atoms with Crippen LogP contribution in [-0.2, 0) is 6.42 Å². The third kappa shape index (κ3) is 1.89. The number of nitrogen functional groups attached to an aromatic ring is 1. The van der Waals surface area contributed by atoms with Crippen LogP contribution in [-0.4, -0.2) is 4.98 Å². The van der Waals surface area contributed by atoms with Crippen LogP contribution in [0, 0.1) is 6.92 Å². The van der Waals surface area contributed by atoms with Gasteiger partial charge in [0.25, 0.3) is 0 Å². The van der Waals surface area contributed by atoms with Crippen LogP contribution in [0.15, 0.2) is 30.3 Å². The Kier molecular flexibility index (Phi) is 2.50. The van der Waals surface area contributed by atoms with Gasteiger partial charge in [0.2, 0.25) is 0 Å². The summed E-state index contributed by atoms with van der Waals surface area (Å²) in [4.78, 5) is 3.38. The molecule has 3 N–H and O–H groups in total. The highest BCUT2D eigenvalue weighted by Crippen LogP contribution is 2.25. The molecule has 0 amide bonds. The average Bonchev–Trinajstić information content (AvgIpc) is 2.61. The number of aryl methyl sites for hydroxylation is 2. The maximum absolute atomic E-state index is 5.67. The first-order valence-corrected chi connectivity index (χ1v) is 5.25. The Labute approximate surface area is 90.1 Å². The summed E-state index contributed by atoms with van der Waals surface area (Å²) in [6.07, 6.45) is 1.04. The lowest BCUT2D eigenvalue weighted by molar-refractivity contribution is 1.04. The van der Waals surface area contributed by atoms with Gasteiger partial charge in [-0.25, -0.2) is 0 Å². The molecule has 1 heterocycles. The standard InChI is InChI=1S/C13H16N2/c1-3-12-8-13(9(2)15-12)10-4-6-11(14)7-5-10/h4-8,15H,3,14H2,1-2H3. The Hall–Kier alpha value is -1.70. The topological polar surface area (TPSA) is 41.8 Å². The molecule has 0 aliphatic rings. The summed E-state index contributed by atoms with van der Waals surface area (Å²) in [5, 5.41) is 0. The second kappa shape index (κ2) is 3.81. The quantitative estimate of drug-likeness (QED) is 0.718. The van der Waals surface area contributed by atoms with E-state index in [9.17, 15) is 0 Å². The average molecular weight is 200 g/mol. The zero-order chi connectivity index (χ0) is 10.8. The van der Waals surface area contributed by atoms with Gasteiger partial charge in [-0.15, -0.1) is 0 Å². The zero-order valence-electron chi connectivity index (χ0n) is 9.17. The fraction of sp³-hybridized carbons (Fsp3) is 0.231. The zero-order valence-corrected chi connectivity index (χ0v) is 9.17. The largest absolute Gasteiger partial charge is 0.399 e. The summed E-state index contributed by atoms with van der Waals surface area (Å²) in [5.41, 5.74) is 11.5. The number of rotatable bonds is 2. The SMILES string of the molecule is CCc1cc(-c2ccc(N)cc2)c(C)[nH]1. The molecule has 2 aromatic rings. The number of aromatic amines is 1. The first kappa shape index (κ1) is 9.84. The minimum Gasteiger partial charge on any atom is -0.399 e. The number of hydrogen-bond acceptors (Lipinski definition) is 1. The lowest BCUT2D eigenvalue weighted by atomic mass is 10.1. The van der Waals surface area contributed by atoms with E-state index in [1.165, 1.54) is 22.5 Å². The number of nitrogens with one attached hydrogen (secondary N) is 1. The van der Waals surface area contributed by atoms with Crippen LogP contribution >= 0.6 is 0 Å². The van der Waals surface area contributed by atoms with Gasteiger partial charge in [-0.1, -0.05) is 19.1 Å². The Balaban J connectivity index is 2.44. The molecule has 0 spiro atoms. The summed E-state index contributed by atoms with van der Waals surface area (Å²) in [7, 11) is 0. The maximum Gasteiger partial charge on any atom is 0.0314 e. The Bertz CT molecular complexity index is 452. The van der Waals surface area contributed by atoms with Gasteiger partial charge >= 0.3 is 0 Å². The second-order valence-electron chi connectivity index (χ2n) is 3.81. The maximum atomic E-state index is 5.67. The van der Waals surface area contributed by atoms with Crippen molar-refractivity contribution < 1.29 is 0 Å².